The third kappa shape index (κ3) is 3.69. The Labute approximate surface area is 144 Å². The second kappa shape index (κ2) is 6.43. The van der Waals surface area contributed by atoms with Gasteiger partial charge in [-0.1, -0.05) is 15.9 Å². The molecular formula is C16H12BrF3N2O2. The first kappa shape index (κ1) is 16.8. The lowest BCUT2D eigenvalue weighted by Gasteiger charge is -2.38. The number of ether oxygens (including phenoxy) is 1. The fraction of sp³-hybridized carbons (Fsp3) is 0.250. The van der Waals surface area contributed by atoms with Crippen LogP contribution in [0.15, 0.2) is 47.1 Å². The van der Waals surface area contributed by atoms with Gasteiger partial charge in [0, 0.05) is 22.3 Å². The second-order valence-corrected chi connectivity index (χ2v) is 6.25. The number of rotatable bonds is 3. The van der Waals surface area contributed by atoms with Gasteiger partial charge < -0.3 is 9.64 Å². The number of halogens is 4. The van der Waals surface area contributed by atoms with Crippen molar-refractivity contribution in [2.24, 2.45) is 0 Å². The van der Waals surface area contributed by atoms with E-state index in [1.807, 2.05) is 0 Å². The van der Waals surface area contributed by atoms with E-state index in [2.05, 4.69) is 20.9 Å². The molecule has 4 nitrogen and oxygen atoms in total. The van der Waals surface area contributed by atoms with E-state index in [0.717, 1.165) is 22.8 Å². The molecule has 0 unspecified atom stereocenters. The number of carbonyl (C=O) groups excluding carboxylic acids is 1. The summed E-state index contributed by atoms with van der Waals surface area (Å²) in [6.45, 7) is 0.625. The molecule has 2 heterocycles. The minimum atomic E-state index is -4.44. The standard InChI is InChI=1S/C16H12BrF3N2O2/c17-12-3-1-10(2-4-12)15(23)22-8-13(9-22)24-14-7-11(5-6-21-14)16(18,19)20/h1-7,13H,8-9H2. The number of alkyl halides is 3. The minimum Gasteiger partial charge on any atom is -0.471 e. The van der Waals surface area contributed by atoms with Gasteiger partial charge in [-0.2, -0.15) is 13.2 Å². The van der Waals surface area contributed by atoms with E-state index in [1.165, 1.54) is 0 Å². The van der Waals surface area contributed by atoms with Crippen molar-refractivity contribution in [2.75, 3.05) is 13.1 Å². The molecule has 0 N–H and O–H groups in total. The summed E-state index contributed by atoms with van der Waals surface area (Å²) >= 11 is 3.30. The van der Waals surface area contributed by atoms with Crippen molar-refractivity contribution >= 4 is 21.8 Å². The summed E-state index contributed by atoms with van der Waals surface area (Å²) in [6, 6.07) is 8.70. The van der Waals surface area contributed by atoms with Crippen LogP contribution in [0.25, 0.3) is 0 Å². The zero-order valence-electron chi connectivity index (χ0n) is 12.3. The van der Waals surface area contributed by atoms with Crippen molar-refractivity contribution in [3.05, 3.63) is 58.2 Å². The summed E-state index contributed by atoms with van der Waals surface area (Å²) < 4.78 is 44.2. The van der Waals surface area contributed by atoms with Crippen molar-refractivity contribution in [3.8, 4) is 5.88 Å². The number of carbonyl (C=O) groups is 1. The van der Waals surface area contributed by atoms with Gasteiger partial charge in [0.1, 0.15) is 6.10 Å². The Balaban J connectivity index is 1.57. The molecule has 24 heavy (non-hydrogen) atoms. The third-order valence-electron chi connectivity index (χ3n) is 3.58. The average molecular weight is 401 g/mol. The van der Waals surface area contributed by atoms with Crippen LogP contribution in [-0.2, 0) is 6.18 Å². The highest BCUT2D eigenvalue weighted by molar-refractivity contribution is 9.10. The molecule has 1 aromatic heterocycles. The summed E-state index contributed by atoms with van der Waals surface area (Å²) in [5.41, 5.74) is -0.261. The molecule has 1 amide bonds. The van der Waals surface area contributed by atoms with E-state index in [9.17, 15) is 18.0 Å². The van der Waals surface area contributed by atoms with E-state index >= 15 is 0 Å². The van der Waals surface area contributed by atoms with Gasteiger partial charge in [0.2, 0.25) is 5.88 Å². The zero-order chi connectivity index (χ0) is 17.3. The Kier molecular flexibility index (Phi) is 4.49. The molecule has 0 radical (unpaired) electrons. The van der Waals surface area contributed by atoms with Gasteiger partial charge in [-0.3, -0.25) is 4.79 Å². The molecule has 2 aromatic rings. The highest BCUT2D eigenvalue weighted by Gasteiger charge is 2.34. The highest BCUT2D eigenvalue weighted by atomic mass is 79.9. The molecule has 1 aromatic carbocycles. The first-order valence-electron chi connectivity index (χ1n) is 7.07. The summed E-state index contributed by atoms with van der Waals surface area (Å²) in [6.07, 6.45) is -3.74. The SMILES string of the molecule is O=C(c1ccc(Br)cc1)N1CC(Oc2cc(C(F)(F)F)ccn2)C1. The van der Waals surface area contributed by atoms with Gasteiger partial charge in [-0.05, 0) is 30.3 Å². The maximum absolute atomic E-state index is 12.6. The van der Waals surface area contributed by atoms with E-state index < -0.39 is 11.7 Å². The maximum Gasteiger partial charge on any atom is 0.416 e. The number of hydrogen-bond acceptors (Lipinski definition) is 3. The Morgan fingerprint density at radius 2 is 1.88 bits per heavy atom. The molecule has 1 fully saturated rings. The van der Waals surface area contributed by atoms with E-state index in [4.69, 9.17) is 4.74 Å². The van der Waals surface area contributed by atoms with Crippen LogP contribution < -0.4 is 4.74 Å². The molecule has 0 aliphatic carbocycles. The van der Waals surface area contributed by atoms with Crippen molar-refractivity contribution in [1.82, 2.24) is 9.88 Å². The molecule has 3 rings (SSSR count). The molecule has 1 aliphatic rings. The first-order valence-corrected chi connectivity index (χ1v) is 7.87. The van der Waals surface area contributed by atoms with Crippen LogP contribution in [0.1, 0.15) is 15.9 Å². The van der Waals surface area contributed by atoms with E-state index in [-0.39, 0.29) is 17.9 Å². The number of likely N-dealkylation sites (tertiary alicyclic amines) is 1. The molecule has 0 saturated carbocycles. The number of pyridine rings is 1. The predicted octanol–water partition coefficient (Wildman–Crippen LogP) is 3.77. The Morgan fingerprint density at radius 1 is 1.21 bits per heavy atom. The largest absolute Gasteiger partial charge is 0.471 e. The van der Waals surface area contributed by atoms with Crippen molar-refractivity contribution in [2.45, 2.75) is 12.3 Å². The number of hydrogen-bond donors (Lipinski definition) is 0. The minimum absolute atomic E-state index is 0.0921. The lowest BCUT2D eigenvalue weighted by Crippen LogP contribution is -2.56. The average Bonchev–Trinajstić information content (AvgIpc) is 2.50. The van der Waals surface area contributed by atoms with Gasteiger partial charge in [0.05, 0.1) is 18.7 Å². The first-order chi connectivity index (χ1) is 11.3. The number of benzene rings is 1. The van der Waals surface area contributed by atoms with Gasteiger partial charge in [0.25, 0.3) is 5.91 Å². The summed E-state index contributed by atoms with van der Waals surface area (Å²) in [5.74, 6) is -0.232. The zero-order valence-corrected chi connectivity index (χ0v) is 13.8. The molecule has 0 bridgehead atoms. The lowest BCUT2D eigenvalue weighted by atomic mass is 10.1. The summed E-state index contributed by atoms with van der Waals surface area (Å²) in [4.78, 5) is 17.6. The van der Waals surface area contributed by atoms with Crippen molar-refractivity contribution < 1.29 is 22.7 Å². The van der Waals surface area contributed by atoms with Crippen LogP contribution in [0.5, 0.6) is 5.88 Å². The van der Waals surface area contributed by atoms with Crippen LogP contribution in [0.2, 0.25) is 0 Å². The summed E-state index contributed by atoms with van der Waals surface area (Å²) in [7, 11) is 0. The van der Waals surface area contributed by atoms with Crippen molar-refractivity contribution in [1.29, 1.82) is 0 Å². The molecule has 0 spiro atoms. The van der Waals surface area contributed by atoms with Crippen LogP contribution in [0, 0.1) is 0 Å². The monoisotopic (exact) mass is 400 g/mol. The van der Waals surface area contributed by atoms with Crippen LogP contribution in [-0.4, -0.2) is 35.0 Å². The normalized spacial score (nSPS) is 15.1. The molecule has 1 aliphatic heterocycles. The Bertz CT molecular complexity index is 744. The lowest BCUT2D eigenvalue weighted by molar-refractivity contribution is -0.137. The van der Waals surface area contributed by atoms with Crippen molar-refractivity contribution in [3.63, 3.8) is 0 Å². The molecule has 1 saturated heterocycles. The molecule has 126 valence electrons. The van der Waals surface area contributed by atoms with Crippen LogP contribution in [0.3, 0.4) is 0 Å². The smallest absolute Gasteiger partial charge is 0.416 e. The topological polar surface area (TPSA) is 42.4 Å². The number of nitrogens with zero attached hydrogens (tertiary/aromatic N) is 2. The second-order valence-electron chi connectivity index (χ2n) is 5.34. The predicted molar refractivity (Wildman–Crippen MR) is 83.7 cm³/mol. The Hall–Kier alpha value is -2.09. The van der Waals surface area contributed by atoms with Crippen LogP contribution in [0.4, 0.5) is 13.2 Å². The summed E-state index contributed by atoms with van der Waals surface area (Å²) in [5, 5.41) is 0. The number of amides is 1. The number of aromatic nitrogens is 1. The molecular weight excluding hydrogens is 389 g/mol. The van der Waals surface area contributed by atoms with Gasteiger partial charge in [0.15, 0.2) is 0 Å². The van der Waals surface area contributed by atoms with Crippen LogP contribution >= 0.6 is 15.9 Å². The molecule has 8 heteroatoms. The van der Waals surface area contributed by atoms with E-state index in [0.29, 0.717) is 18.7 Å². The maximum atomic E-state index is 12.6. The van der Waals surface area contributed by atoms with Gasteiger partial charge in [-0.15, -0.1) is 0 Å². The fourth-order valence-corrected chi connectivity index (χ4v) is 2.54. The molecule has 0 atom stereocenters. The van der Waals surface area contributed by atoms with E-state index in [1.54, 1.807) is 29.2 Å². The quantitative estimate of drug-likeness (QED) is 0.787. The third-order valence-corrected chi connectivity index (χ3v) is 4.10. The Morgan fingerprint density at radius 3 is 2.50 bits per heavy atom. The highest BCUT2D eigenvalue weighted by Crippen LogP contribution is 2.31. The van der Waals surface area contributed by atoms with Gasteiger partial charge >= 0.3 is 6.18 Å². The fourth-order valence-electron chi connectivity index (χ4n) is 2.27. The van der Waals surface area contributed by atoms with Gasteiger partial charge in [-0.25, -0.2) is 4.98 Å².